The van der Waals surface area contributed by atoms with Crippen molar-refractivity contribution in [2.24, 2.45) is 5.92 Å². The van der Waals surface area contributed by atoms with E-state index in [4.69, 9.17) is 9.47 Å². The van der Waals surface area contributed by atoms with Gasteiger partial charge in [-0.2, -0.15) is 0 Å². The zero-order valence-corrected chi connectivity index (χ0v) is 21.2. The zero-order chi connectivity index (χ0) is 23.9. The Bertz CT molecular complexity index is 1100. The lowest BCUT2D eigenvalue weighted by atomic mass is 9.88. The van der Waals surface area contributed by atoms with Gasteiger partial charge in [0.25, 0.3) is 11.8 Å². The average molecular weight is 483 g/mol. The number of hydrogen-bond donors (Lipinski definition) is 1. The fraction of sp³-hybridized carbons (Fsp3) is 0.556. The summed E-state index contributed by atoms with van der Waals surface area (Å²) in [7, 11) is 0. The Labute approximate surface area is 205 Å². The number of amides is 2. The molecule has 0 saturated carbocycles. The van der Waals surface area contributed by atoms with Crippen LogP contribution in [0.25, 0.3) is 0 Å². The fourth-order valence-corrected chi connectivity index (χ4v) is 6.59. The van der Waals surface area contributed by atoms with E-state index in [1.54, 1.807) is 25.2 Å². The fourth-order valence-electron chi connectivity index (χ4n) is 5.20. The van der Waals surface area contributed by atoms with Gasteiger partial charge in [-0.3, -0.25) is 9.59 Å². The van der Waals surface area contributed by atoms with Crippen LogP contribution < -0.4 is 10.1 Å². The van der Waals surface area contributed by atoms with E-state index in [0.717, 1.165) is 37.7 Å². The van der Waals surface area contributed by atoms with Crippen LogP contribution >= 0.6 is 11.3 Å². The lowest BCUT2D eigenvalue weighted by Crippen LogP contribution is -2.43. The third-order valence-corrected chi connectivity index (χ3v) is 8.41. The predicted molar refractivity (Wildman–Crippen MR) is 134 cm³/mol. The maximum atomic E-state index is 13.6. The van der Waals surface area contributed by atoms with Crippen molar-refractivity contribution in [2.75, 3.05) is 31.6 Å². The molecule has 1 fully saturated rings. The maximum Gasteiger partial charge on any atom is 0.268 e. The van der Waals surface area contributed by atoms with Crippen molar-refractivity contribution >= 4 is 28.2 Å². The van der Waals surface area contributed by atoms with E-state index in [2.05, 4.69) is 24.4 Å². The number of rotatable bonds is 5. The topological polar surface area (TPSA) is 67.9 Å². The first-order valence-electron chi connectivity index (χ1n) is 12.5. The second kappa shape index (κ2) is 9.34. The number of aryl methyl sites for hydroxylation is 2. The van der Waals surface area contributed by atoms with Crippen LogP contribution in [0.5, 0.6) is 5.75 Å². The molecule has 3 aliphatic rings. The quantitative estimate of drug-likeness (QED) is 0.675. The molecule has 0 bridgehead atoms. The van der Waals surface area contributed by atoms with Crippen LogP contribution in [-0.4, -0.2) is 48.6 Å². The Morgan fingerprint density at radius 3 is 2.71 bits per heavy atom. The Balaban J connectivity index is 1.39. The van der Waals surface area contributed by atoms with E-state index in [0.29, 0.717) is 48.5 Å². The van der Waals surface area contributed by atoms with Crippen molar-refractivity contribution in [1.82, 2.24) is 4.90 Å². The van der Waals surface area contributed by atoms with Gasteiger partial charge < -0.3 is 19.7 Å². The number of carbonyl (C=O) groups is 2. The van der Waals surface area contributed by atoms with E-state index < -0.39 is 5.60 Å². The number of nitrogens with zero attached hydrogens (tertiary/aromatic N) is 1. The first kappa shape index (κ1) is 23.4. The van der Waals surface area contributed by atoms with Gasteiger partial charge >= 0.3 is 0 Å². The summed E-state index contributed by atoms with van der Waals surface area (Å²) in [5, 5.41) is 3.75. The van der Waals surface area contributed by atoms with Gasteiger partial charge in [-0.25, -0.2) is 0 Å². The van der Waals surface area contributed by atoms with Crippen molar-refractivity contribution in [3.05, 3.63) is 45.3 Å². The highest BCUT2D eigenvalue weighted by atomic mass is 32.1. The van der Waals surface area contributed by atoms with E-state index in [-0.39, 0.29) is 11.8 Å². The normalized spacial score (nSPS) is 20.0. The highest BCUT2D eigenvalue weighted by Crippen LogP contribution is 2.41. The smallest absolute Gasteiger partial charge is 0.268 e. The molecule has 1 atom stereocenters. The second-order valence-corrected chi connectivity index (χ2v) is 11.4. The van der Waals surface area contributed by atoms with Crippen LogP contribution in [0.3, 0.4) is 0 Å². The van der Waals surface area contributed by atoms with Crippen molar-refractivity contribution in [2.45, 2.75) is 64.9 Å². The average Bonchev–Trinajstić information content (AvgIpc) is 3.42. The molecular formula is C27H34N2O4S. The van der Waals surface area contributed by atoms with Crippen LogP contribution in [0.4, 0.5) is 5.00 Å². The number of carbonyl (C=O) groups excluding carboxylic acids is 2. The lowest BCUT2D eigenvalue weighted by Gasteiger charge is -2.29. The van der Waals surface area contributed by atoms with E-state index in [1.807, 2.05) is 11.0 Å². The molecule has 0 spiro atoms. The van der Waals surface area contributed by atoms with Gasteiger partial charge in [0.2, 0.25) is 0 Å². The minimum absolute atomic E-state index is 0.00278. The molecule has 0 radical (unpaired) electrons. The Morgan fingerprint density at radius 1 is 1.15 bits per heavy atom. The standard InChI is InChI=1S/C27H34N2O4S/c1-17-7-10-21-22(15-17)34-24(23(21)25(30)29-11-13-32-14-12-29)28-26(31)27(2,3)33-20-9-8-18-5-4-6-19(18)16-20/h8-9,16-17H,4-7,10-15H2,1-3H3,(H,28,31). The number of benzene rings is 1. The summed E-state index contributed by atoms with van der Waals surface area (Å²) in [6.07, 6.45) is 6.24. The van der Waals surface area contributed by atoms with Gasteiger partial charge in [0, 0.05) is 18.0 Å². The Hall–Kier alpha value is -2.38. The summed E-state index contributed by atoms with van der Waals surface area (Å²) in [5.74, 6) is 1.06. The molecule has 1 aliphatic heterocycles. The van der Waals surface area contributed by atoms with Crippen molar-refractivity contribution in [3.8, 4) is 5.75 Å². The molecular weight excluding hydrogens is 448 g/mol. The minimum Gasteiger partial charge on any atom is -0.478 e. The molecule has 2 amide bonds. The third kappa shape index (κ3) is 4.60. The predicted octanol–water partition coefficient (Wildman–Crippen LogP) is 4.63. The van der Waals surface area contributed by atoms with Crippen LogP contribution in [0.15, 0.2) is 18.2 Å². The van der Waals surface area contributed by atoms with Gasteiger partial charge in [-0.15, -0.1) is 11.3 Å². The molecule has 7 heteroatoms. The molecule has 1 N–H and O–H groups in total. The third-order valence-electron chi connectivity index (χ3n) is 7.24. The molecule has 6 nitrogen and oxygen atoms in total. The van der Waals surface area contributed by atoms with Crippen LogP contribution in [0.1, 0.15) is 65.5 Å². The van der Waals surface area contributed by atoms with Crippen molar-refractivity contribution in [1.29, 1.82) is 0 Å². The number of hydrogen-bond acceptors (Lipinski definition) is 5. The summed E-state index contributed by atoms with van der Waals surface area (Å²) in [5.41, 5.74) is 3.40. The maximum absolute atomic E-state index is 13.6. The molecule has 1 aromatic carbocycles. The van der Waals surface area contributed by atoms with Gasteiger partial charge in [0.05, 0.1) is 18.8 Å². The largest absolute Gasteiger partial charge is 0.478 e. The van der Waals surface area contributed by atoms with Crippen LogP contribution in [-0.2, 0) is 35.2 Å². The zero-order valence-electron chi connectivity index (χ0n) is 20.4. The van der Waals surface area contributed by atoms with Crippen molar-refractivity contribution in [3.63, 3.8) is 0 Å². The Morgan fingerprint density at radius 2 is 1.91 bits per heavy atom. The lowest BCUT2D eigenvalue weighted by molar-refractivity contribution is -0.128. The summed E-state index contributed by atoms with van der Waals surface area (Å²) >= 11 is 1.56. The molecule has 5 rings (SSSR count). The number of morpholine rings is 1. The summed E-state index contributed by atoms with van der Waals surface area (Å²) in [4.78, 5) is 30.1. The van der Waals surface area contributed by atoms with Gasteiger partial charge in [-0.05, 0) is 87.1 Å². The molecule has 2 aliphatic carbocycles. The van der Waals surface area contributed by atoms with Gasteiger partial charge in [0.1, 0.15) is 10.8 Å². The molecule has 2 heterocycles. The minimum atomic E-state index is -1.08. The molecule has 1 saturated heterocycles. The van der Waals surface area contributed by atoms with Crippen LogP contribution in [0.2, 0.25) is 0 Å². The second-order valence-electron chi connectivity index (χ2n) is 10.3. The monoisotopic (exact) mass is 482 g/mol. The molecule has 34 heavy (non-hydrogen) atoms. The molecule has 1 unspecified atom stereocenters. The highest BCUT2D eigenvalue weighted by molar-refractivity contribution is 7.17. The Kier molecular flexibility index (Phi) is 6.42. The number of ether oxygens (including phenoxy) is 2. The number of thiophene rings is 1. The highest BCUT2D eigenvalue weighted by Gasteiger charge is 2.35. The summed E-state index contributed by atoms with van der Waals surface area (Å²) in [6.45, 7) is 8.10. The number of anilines is 1. The first-order valence-corrected chi connectivity index (χ1v) is 13.3. The van der Waals surface area contributed by atoms with E-state index in [1.165, 1.54) is 22.4 Å². The summed E-state index contributed by atoms with van der Waals surface area (Å²) in [6, 6.07) is 6.13. The SMILES string of the molecule is CC1CCc2c(sc(NC(=O)C(C)(C)Oc3ccc4c(c3)CCC4)c2C(=O)N2CCOCC2)C1. The van der Waals surface area contributed by atoms with Crippen LogP contribution in [0, 0.1) is 5.92 Å². The first-order chi connectivity index (χ1) is 16.3. The van der Waals surface area contributed by atoms with Gasteiger partial charge in [-0.1, -0.05) is 13.0 Å². The number of nitrogens with one attached hydrogen (secondary N) is 1. The van der Waals surface area contributed by atoms with Gasteiger partial charge in [0.15, 0.2) is 5.60 Å². The van der Waals surface area contributed by atoms with Crippen molar-refractivity contribution < 1.29 is 19.1 Å². The summed E-state index contributed by atoms with van der Waals surface area (Å²) < 4.78 is 11.6. The molecule has 2 aromatic rings. The number of fused-ring (bicyclic) bond motifs is 2. The molecule has 1 aromatic heterocycles. The van der Waals surface area contributed by atoms with E-state index >= 15 is 0 Å². The van der Waals surface area contributed by atoms with E-state index in [9.17, 15) is 9.59 Å². The molecule has 182 valence electrons.